The molecule has 0 saturated carbocycles. The van der Waals surface area contributed by atoms with Crippen molar-refractivity contribution in [2.45, 2.75) is 0 Å². The third-order valence-corrected chi connectivity index (χ3v) is 0. The van der Waals surface area contributed by atoms with Crippen molar-refractivity contribution >= 4 is 17.4 Å². The monoisotopic (exact) mass is 352 g/mol. The largest absolute Gasteiger partial charge is 3.00 e. The van der Waals surface area contributed by atoms with Crippen molar-refractivity contribution in [1.82, 2.24) is 0 Å². The smallest absolute Gasteiger partial charge is 0.870 e. The Bertz CT molecular complexity index is 19.6. The molecule has 92 valence electrons. The van der Waals surface area contributed by atoms with Crippen LogP contribution in [0.5, 0.6) is 0 Å². The summed E-state index contributed by atoms with van der Waals surface area (Å²) in [6.45, 7) is 0. The van der Waals surface area contributed by atoms with Crippen molar-refractivity contribution < 1.29 is 99.6 Å². The summed E-state index contributed by atoms with van der Waals surface area (Å²) in [6.07, 6.45) is 0. The van der Waals surface area contributed by atoms with Crippen molar-refractivity contribution in [1.29, 1.82) is 0 Å². The fourth-order valence-corrected chi connectivity index (χ4v) is 0. The summed E-state index contributed by atoms with van der Waals surface area (Å²) >= 11 is 0. The topological polar surface area (TPSA) is 270 Å². The van der Waals surface area contributed by atoms with E-state index < -0.39 is 0 Å². The predicted octanol–water partition coefficient (Wildman–Crippen LogP) is -1.98. The van der Waals surface area contributed by atoms with Gasteiger partial charge in [0.1, 0.15) is 0 Å². The normalized spacial score (nSPS) is 0. The minimum atomic E-state index is 0. The van der Waals surface area contributed by atoms with E-state index in [1.54, 1.807) is 0 Å². The van der Waals surface area contributed by atoms with E-state index in [0.717, 1.165) is 0 Å². The Labute approximate surface area is 117 Å². The second kappa shape index (κ2) is 770. The molecule has 0 spiro atoms. The van der Waals surface area contributed by atoms with Crippen molar-refractivity contribution in [2.75, 3.05) is 0 Å². The Morgan fingerprint density at radius 2 is 0.385 bits per heavy atom. The maximum Gasteiger partial charge on any atom is 3.00 e. The van der Waals surface area contributed by atoms with Gasteiger partial charge in [0.2, 0.25) is 0 Å². The second-order valence-electron chi connectivity index (χ2n) is 0. The molecule has 0 aromatic rings. The zero-order valence-electron chi connectivity index (χ0n) is 5.63. The molecule has 2 radical (unpaired) electrons. The van der Waals surface area contributed by atoms with Crippen molar-refractivity contribution in [3.63, 3.8) is 0 Å². The van der Waals surface area contributed by atoms with Gasteiger partial charge in [0.05, 0.1) is 0 Å². The maximum absolute atomic E-state index is 0. The summed E-state index contributed by atoms with van der Waals surface area (Å²) in [7, 11) is 0. The summed E-state index contributed by atoms with van der Waals surface area (Å²) in [5.74, 6) is 0. The van der Waals surface area contributed by atoms with Gasteiger partial charge < -0.3 is 49.3 Å². The average molecular weight is 353 g/mol. The van der Waals surface area contributed by atoms with Gasteiger partial charge in [0, 0.05) is 0 Å². The first-order valence-electron chi connectivity index (χ1n) is 0. The van der Waals surface area contributed by atoms with Crippen LogP contribution in [0.25, 0.3) is 0 Å². The molecular formula is H9AlCoMnNiO9. The zero-order valence-corrected chi connectivity index (χ0v) is 9.99. The molecule has 13 heteroatoms. The molecule has 0 amide bonds. The molecule has 0 unspecified atom stereocenters. The van der Waals surface area contributed by atoms with E-state index >= 15 is 0 Å². The fourth-order valence-electron chi connectivity index (χ4n) is 0. The van der Waals surface area contributed by atoms with Crippen molar-refractivity contribution in [3.8, 4) is 0 Å². The summed E-state index contributed by atoms with van der Waals surface area (Å²) in [5, 5.41) is 0. The van der Waals surface area contributed by atoms with Gasteiger partial charge in [0.15, 0.2) is 0 Å². The van der Waals surface area contributed by atoms with E-state index in [2.05, 4.69) is 0 Å². The van der Waals surface area contributed by atoms with Crippen LogP contribution in [0, 0.1) is 0 Å². The van der Waals surface area contributed by atoms with Crippen LogP contribution in [0.3, 0.4) is 0 Å². The van der Waals surface area contributed by atoms with Gasteiger partial charge in [-0.2, -0.15) is 0 Å². The zero-order chi connectivity index (χ0) is 0. The van der Waals surface area contributed by atoms with E-state index in [4.69, 9.17) is 0 Å². The van der Waals surface area contributed by atoms with Crippen molar-refractivity contribution in [3.05, 3.63) is 0 Å². The van der Waals surface area contributed by atoms with Gasteiger partial charge in [0.25, 0.3) is 0 Å². The van der Waals surface area contributed by atoms with E-state index in [1.807, 2.05) is 0 Å². The van der Waals surface area contributed by atoms with Crippen LogP contribution >= 0.6 is 0 Å². The van der Waals surface area contributed by atoms with E-state index in [1.165, 1.54) is 0 Å². The summed E-state index contributed by atoms with van der Waals surface area (Å²) in [5.41, 5.74) is 0. The number of hydrogen-bond donors (Lipinski definition) is 0. The molecule has 0 heterocycles. The fraction of sp³-hybridized carbons (Fsp3) is 0. The van der Waals surface area contributed by atoms with Crippen LogP contribution in [-0.4, -0.2) is 66.6 Å². The van der Waals surface area contributed by atoms with Gasteiger partial charge >= 0.3 is 67.7 Å². The van der Waals surface area contributed by atoms with Crippen LogP contribution in [-0.2, 0) is 50.3 Å². The van der Waals surface area contributed by atoms with Crippen LogP contribution in [0.15, 0.2) is 0 Å². The minimum absolute atomic E-state index is 0. The molecule has 0 aliphatic carbocycles. The van der Waals surface area contributed by atoms with Crippen molar-refractivity contribution in [2.24, 2.45) is 0 Å². The average Bonchev–Trinajstić information content (AvgIpc) is 0. The van der Waals surface area contributed by atoms with Crippen LogP contribution < -0.4 is 0 Å². The molecule has 0 saturated heterocycles. The molecule has 0 atom stereocenters. The first kappa shape index (κ1) is 962. The van der Waals surface area contributed by atoms with Gasteiger partial charge in [-0.3, -0.25) is 0 Å². The predicted molar refractivity (Wildman–Crippen MR) is 23.2 cm³/mol. The number of rotatable bonds is 0. The Kier molecular flexibility index (Phi) is 57000. The summed E-state index contributed by atoms with van der Waals surface area (Å²) < 4.78 is 0. The Hall–Kier alpha value is 1.69. The van der Waals surface area contributed by atoms with E-state index in [9.17, 15) is 0 Å². The molecule has 0 aliphatic heterocycles. The maximum atomic E-state index is 0. The second-order valence-corrected chi connectivity index (χ2v) is 0. The molecule has 0 aromatic carbocycles. The molecule has 0 aromatic heterocycles. The Balaban J connectivity index is 0. The Morgan fingerprint density at radius 3 is 0.385 bits per heavy atom. The molecule has 0 fully saturated rings. The van der Waals surface area contributed by atoms with Gasteiger partial charge in [-0.1, -0.05) is 0 Å². The number of hydrogen-bond acceptors (Lipinski definition) is 9. The first-order valence-corrected chi connectivity index (χ1v) is 0. The third-order valence-electron chi connectivity index (χ3n) is 0. The standard InChI is InChI=1S/Al.Co.Mn.Ni.9H2O/h;;;;9*1H2/q+3;3*+2;;;;;;;;;/p-9. The summed E-state index contributed by atoms with van der Waals surface area (Å²) in [4.78, 5) is 0. The molecule has 0 aliphatic rings. The summed E-state index contributed by atoms with van der Waals surface area (Å²) in [6, 6.07) is 0. The van der Waals surface area contributed by atoms with Gasteiger partial charge in [-0.25, -0.2) is 0 Å². The van der Waals surface area contributed by atoms with Crippen LogP contribution in [0.1, 0.15) is 0 Å². The van der Waals surface area contributed by atoms with E-state index in [-0.39, 0.29) is 117 Å². The van der Waals surface area contributed by atoms with Crippen LogP contribution in [0.4, 0.5) is 0 Å². The first-order chi connectivity index (χ1) is 0. The molecule has 0 bridgehead atoms. The van der Waals surface area contributed by atoms with Gasteiger partial charge in [-0.15, -0.1) is 0 Å². The minimum Gasteiger partial charge on any atom is -0.870 e. The Morgan fingerprint density at radius 1 is 0.385 bits per heavy atom. The van der Waals surface area contributed by atoms with E-state index in [0.29, 0.717) is 0 Å². The third kappa shape index (κ3) is 654. The van der Waals surface area contributed by atoms with Gasteiger partial charge in [-0.05, 0) is 0 Å². The SMILES string of the molecule is [Al+3].[Co+2].[Mn+2].[Ni+2].[OH-].[OH-].[OH-].[OH-].[OH-].[OH-].[OH-].[OH-].[OH-]. The molecule has 9 nitrogen and oxygen atoms in total. The molecule has 9 N–H and O–H groups in total. The van der Waals surface area contributed by atoms with Crippen LogP contribution in [0.2, 0.25) is 0 Å². The molecule has 13 heavy (non-hydrogen) atoms. The molecule has 0 rings (SSSR count). The quantitative estimate of drug-likeness (QED) is 0.435. The molecular weight excluding hydrogens is 344 g/mol.